The molecule has 104 valence electrons. The highest BCUT2D eigenvalue weighted by Gasteiger charge is 2.18. The van der Waals surface area contributed by atoms with E-state index in [1.54, 1.807) is 0 Å². The molecular formula is C15H21NO3. The first-order valence-corrected chi connectivity index (χ1v) is 6.58. The minimum atomic E-state index is -1.01. The number of hydrogen-bond acceptors (Lipinski definition) is 2. The molecule has 0 aliphatic heterocycles. The van der Waals surface area contributed by atoms with Gasteiger partial charge in [0.2, 0.25) is 5.91 Å². The van der Waals surface area contributed by atoms with Gasteiger partial charge in [0.1, 0.15) is 6.04 Å². The Balaban J connectivity index is 2.29. The molecule has 0 aliphatic carbocycles. The van der Waals surface area contributed by atoms with Crippen molar-refractivity contribution >= 4 is 11.9 Å². The minimum Gasteiger partial charge on any atom is -0.480 e. The normalized spacial score (nSPS) is 13.6. The zero-order chi connectivity index (χ0) is 14.3. The van der Waals surface area contributed by atoms with Crippen LogP contribution in [-0.2, 0) is 16.0 Å². The fraction of sp³-hybridized carbons (Fsp3) is 0.467. The van der Waals surface area contributed by atoms with Crippen LogP contribution in [0.3, 0.4) is 0 Å². The van der Waals surface area contributed by atoms with Crippen molar-refractivity contribution < 1.29 is 14.7 Å². The van der Waals surface area contributed by atoms with Crippen molar-refractivity contribution in [2.75, 3.05) is 0 Å². The Morgan fingerprint density at radius 1 is 1.21 bits per heavy atom. The van der Waals surface area contributed by atoms with Crippen molar-refractivity contribution in [3.8, 4) is 0 Å². The third-order valence-electron chi connectivity index (χ3n) is 3.12. The van der Waals surface area contributed by atoms with E-state index in [4.69, 9.17) is 5.11 Å². The maximum absolute atomic E-state index is 11.7. The Morgan fingerprint density at radius 2 is 1.84 bits per heavy atom. The molecule has 0 spiro atoms. The Bertz CT molecular complexity index is 417. The van der Waals surface area contributed by atoms with Gasteiger partial charge in [-0.05, 0) is 31.7 Å². The summed E-state index contributed by atoms with van der Waals surface area (Å²) in [7, 11) is 0. The van der Waals surface area contributed by atoms with Crippen molar-refractivity contribution in [1.29, 1.82) is 0 Å². The number of nitrogens with one attached hydrogen (secondary N) is 1. The van der Waals surface area contributed by atoms with Gasteiger partial charge in [0.25, 0.3) is 0 Å². The predicted molar refractivity (Wildman–Crippen MR) is 73.8 cm³/mol. The molecule has 0 aliphatic rings. The van der Waals surface area contributed by atoms with Crippen LogP contribution < -0.4 is 5.32 Å². The van der Waals surface area contributed by atoms with Gasteiger partial charge in [-0.1, -0.05) is 37.3 Å². The summed E-state index contributed by atoms with van der Waals surface area (Å²) >= 11 is 0. The minimum absolute atomic E-state index is 0.162. The number of carbonyl (C=O) groups is 2. The average molecular weight is 263 g/mol. The second kappa shape index (κ2) is 7.56. The summed E-state index contributed by atoms with van der Waals surface area (Å²) in [6, 6.07) is 9.28. The average Bonchev–Trinajstić information content (AvgIpc) is 2.39. The number of hydrogen-bond donors (Lipinski definition) is 2. The third-order valence-corrected chi connectivity index (χ3v) is 3.12. The highest BCUT2D eigenvalue weighted by Crippen LogP contribution is 2.10. The molecule has 2 unspecified atom stereocenters. The first kappa shape index (κ1) is 15.2. The van der Waals surface area contributed by atoms with E-state index in [1.807, 2.05) is 25.1 Å². The quantitative estimate of drug-likeness (QED) is 0.792. The molecule has 4 nitrogen and oxygen atoms in total. The van der Waals surface area contributed by atoms with Gasteiger partial charge < -0.3 is 10.4 Å². The lowest BCUT2D eigenvalue weighted by Gasteiger charge is -2.14. The predicted octanol–water partition coefficient (Wildman–Crippen LogP) is 2.23. The highest BCUT2D eigenvalue weighted by atomic mass is 16.4. The molecule has 0 heterocycles. The van der Waals surface area contributed by atoms with Crippen molar-refractivity contribution in [2.45, 2.75) is 39.2 Å². The summed E-state index contributed by atoms with van der Waals surface area (Å²) in [6.45, 7) is 3.30. The van der Waals surface area contributed by atoms with Crippen LogP contribution in [0.1, 0.15) is 32.3 Å². The molecule has 1 aromatic carbocycles. The third kappa shape index (κ3) is 5.55. The second-order valence-electron chi connectivity index (χ2n) is 4.85. The fourth-order valence-corrected chi connectivity index (χ4v) is 1.81. The number of benzene rings is 1. The summed E-state index contributed by atoms with van der Waals surface area (Å²) in [5.41, 5.74) is 1.26. The van der Waals surface area contributed by atoms with Crippen LogP contribution >= 0.6 is 0 Å². The van der Waals surface area contributed by atoms with E-state index in [0.717, 1.165) is 19.3 Å². The molecule has 0 radical (unpaired) electrons. The van der Waals surface area contributed by atoms with Gasteiger partial charge in [-0.3, -0.25) is 9.59 Å². The van der Waals surface area contributed by atoms with E-state index in [-0.39, 0.29) is 11.8 Å². The van der Waals surface area contributed by atoms with Crippen LogP contribution in [0.15, 0.2) is 30.3 Å². The Hall–Kier alpha value is -1.84. The van der Waals surface area contributed by atoms with Gasteiger partial charge in [0.05, 0.1) is 0 Å². The molecule has 0 saturated carbocycles. The van der Waals surface area contributed by atoms with E-state index in [0.29, 0.717) is 0 Å². The summed E-state index contributed by atoms with van der Waals surface area (Å²) in [6.07, 6.45) is 2.61. The molecule has 0 bridgehead atoms. The molecule has 0 aromatic heterocycles. The SMILES string of the molecule is CC(CCCc1ccccc1)C(=O)NC(C)C(=O)O. The van der Waals surface area contributed by atoms with E-state index < -0.39 is 12.0 Å². The highest BCUT2D eigenvalue weighted by molar-refractivity contribution is 5.84. The number of carboxylic acid groups (broad SMARTS) is 1. The lowest BCUT2D eigenvalue weighted by Crippen LogP contribution is -2.41. The van der Waals surface area contributed by atoms with E-state index in [2.05, 4.69) is 17.4 Å². The Morgan fingerprint density at radius 3 is 2.42 bits per heavy atom. The maximum atomic E-state index is 11.7. The maximum Gasteiger partial charge on any atom is 0.325 e. The summed E-state index contributed by atoms with van der Waals surface area (Å²) in [4.78, 5) is 22.4. The molecule has 19 heavy (non-hydrogen) atoms. The van der Waals surface area contributed by atoms with Crippen LogP contribution in [0.5, 0.6) is 0 Å². The molecule has 2 N–H and O–H groups in total. The lowest BCUT2D eigenvalue weighted by atomic mass is 10.00. The Labute approximate surface area is 113 Å². The number of aryl methyl sites for hydroxylation is 1. The van der Waals surface area contributed by atoms with Crippen LogP contribution in [-0.4, -0.2) is 23.0 Å². The van der Waals surface area contributed by atoms with E-state index in [1.165, 1.54) is 12.5 Å². The molecule has 1 rings (SSSR count). The van der Waals surface area contributed by atoms with Crippen molar-refractivity contribution in [2.24, 2.45) is 5.92 Å². The molecular weight excluding hydrogens is 242 g/mol. The van der Waals surface area contributed by atoms with Gasteiger partial charge in [0, 0.05) is 5.92 Å². The number of rotatable bonds is 7. The number of carboxylic acids is 1. The monoisotopic (exact) mass is 263 g/mol. The molecule has 1 aromatic rings. The van der Waals surface area contributed by atoms with Crippen LogP contribution in [0.2, 0.25) is 0 Å². The van der Waals surface area contributed by atoms with E-state index >= 15 is 0 Å². The first-order chi connectivity index (χ1) is 9.00. The van der Waals surface area contributed by atoms with Gasteiger partial charge in [0.15, 0.2) is 0 Å². The standard InChI is InChI=1S/C15H21NO3/c1-11(14(17)16-12(2)15(18)19)7-6-10-13-8-4-3-5-9-13/h3-5,8-9,11-12H,6-7,10H2,1-2H3,(H,16,17)(H,18,19). The first-order valence-electron chi connectivity index (χ1n) is 6.58. The number of aliphatic carboxylic acids is 1. The zero-order valence-corrected chi connectivity index (χ0v) is 11.4. The summed E-state index contributed by atoms with van der Waals surface area (Å²) in [5, 5.41) is 11.2. The van der Waals surface area contributed by atoms with Crippen LogP contribution in [0.4, 0.5) is 0 Å². The van der Waals surface area contributed by atoms with Crippen molar-refractivity contribution in [3.05, 3.63) is 35.9 Å². The van der Waals surface area contributed by atoms with Gasteiger partial charge in [-0.25, -0.2) is 0 Å². The van der Waals surface area contributed by atoms with E-state index in [9.17, 15) is 9.59 Å². The summed E-state index contributed by atoms with van der Waals surface area (Å²) < 4.78 is 0. The largest absolute Gasteiger partial charge is 0.480 e. The number of amides is 1. The van der Waals surface area contributed by atoms with Crippen LogP contribution in [0, 0.1) is 5.92 Å². The molecule has 1 amide bonds. The van der Waals surface area contributed by atoms with Gasteiger partial charge in [-0.15, -0.1) is 0 Å². The molecule has 0 saturated heterocycles. The topological polar surface area (TPSA) is 66.4 Å². The molecule has 2 atom stereocenters. The summed E-state index contributed by atoms with van der Waals surface area (Å²) in [5.74, 6) is -1.36. The van der Waals surface area contributed by atoms with Crippen molar-refractivity contribution in [1.82, 2.24) is 5.32 Å². The molecule has 0 fully saturated rings. The second-order valence-corrected chi connectivity index (χ2v) is 4.85. The van der Waals surface area contributed by atoms with Crippen molar-refractivity contribution in [3.63, 3.8) is 0 Å². The van der Waals surface area contributed by atoms with Gasteiger partial charge >= 0.3 is 5.97 Å². The Kier molecular flexibility index (Phi) is 6.06. The number of carbonyl (C=O) groups excluding carboxylic acids is 1. The van der Waals surface area contributed by atoms with Crippen LogP contribution in [0.25, 0.3) is 0 Å². The molecule has 4 heteroatoms. The lowest BCUT2D eigenvalue weighted by molar-refractivity contribution is -0.141. The smallest absolute Gasteiger partial charge is 0.325 e. The zero-order valence-electron chi connectivity index (χ0n) is 11.4. The van der Waals surface area contributed by atoms with Gasteiger partial charge in [-0.2, -0.15) is 0 Å². The fourth-order valence-electron chi connectivity index (χ4n) is 1.81.